The van der Waals surface area contributed by atoms with Gasteiger partial charge in [0.25, 0.3) is 0 Å². The molecule has 0 spiro atoms. The second-order valence-electron chi connectivity index (χ2n) is 2.75. The number of imidazole rings is 1. The van der Waals surface area contributed by atoms with Crippen molar-refractivity contribution in [3.63, 3.8) is 0 Å². The van der Waals surface area contributed by atoms with Gasteiger partial charge in [0.1, 0.15) is 5.52 Å². The molecule has 0 aliphatic carbocycles. The first kappa shape index (κ1) is 7.97. The third-order valence-corrected chi connectivity index (χ3v) is 1.86. The normalized spacial score (nSPS) is 11.0. The Hall–Kier alpha value is -1.65. The zero-order valence-corrected chi connectivity index (χ0v) is 6.75. The van der Waals surface area contributed by atoms with Crippen LogP contribution >= 0.6 is 0 Å². The molecule has 0 fully saturated rings. The monoisotopic (exact) mass is 184 g/mol. The average Bonchev–Trinajstić information content (AvgIpc) is 2.43. The molecule has 0 aliphatic rings. The topological polar surface area (TPSA) is 38.0 Å². The number of halogens is 2. The fourth-order valence-corrected chi connectivity index (χ4v) is 1.23. The van der Waals surface area contributed by atoms with Crippen LogP contribution in [0, 0.1) is 11.6 Å². The van der Waals surface area contributed by atoms with Gasteiger partial charge in [0.15, 0.2) is 11.6 Å². The van der Waals surface area contributed by atoms with Crippen molar-refractivity contribution < 1.29 is 13.9 Å². The Labute approximate surface area is 72.2 Å². The molecular formula is C8H6F2N2O. The van der Waals surface area contributed by atoms with E-state index in [-0.39, 0.29) is 11.0 Å². The lowest BCUT2D eigenvalue weighted by Gasteiger charge is -1.99. The van der Waals surface area contributed by atoms with Crippen LogP contribution in [-0.4, -0.2) is 14.7 Å². The van der Waals surface area contributed by atoms with E-state index in [1.54, 1.807) is 7.05 Å². The van der Waals surface area contributed by atoms with E-state index < -0.39 is 17.4 Å². The Morgan fingerprint density at radius 3 is 2.77 bits per heavy atom. The molecule has 13 heavy (non-hydrogen) atoms. The van der Waals surface area contributed by atoms with E-state index in [9.17, 15) is 8.78 Å². The minimum atomic E-state index is -1.24. The summed E-state index contributed by atoms with van der Waals surface area (Å²) < 4.78 is 27.4. The Kier molecular flexibility index (Phi) is 1.48. The molecule has 0 unspecified atom stereocenters. The molecular weight excluding hydrogens is 178 g/mol. The van der Waals surface area contributed by atoms with E-state index in [2.05, 4.69) is 4.98 Å². The van der Waals surface area contributed by atoms with Gasteiger partial charge in [-0.3, -0.25) is 0 Å². The van der Waals surface area contributed by atoms with E-state index in [1.807, 2.05) is 0 Å². The van der Waals surface area contributed by atoms with Gasteiger partial charge in [0.2, 0.25) is 5.82 Å². The minimum Gasteiger partial charge on any atom is -0.505 e. The molecule has 1 aromatic carbocycles. The van der Waals surface area contributed by atoms with Crippen LogP contribution in [0.4, 0.5) is 8.78 Å². The van der Waals surface area contributed by atoms with Gasteiger partial charge in [0, 0.05) is 13.1 Å². The van der Waals surface area contributed by atoms with Gasteiger partial charge < -0.3 is 9.67 Å². The molecule has 0 bridgehead atoms. The quantitative estimate of drug-likeness (QED) is 0.674. The van der Waals surface area contributed by atoms with E-state index in [0.29, 0.717) is 0 Å². The van der Waals surface area contributed by atoms with Crippen molar-refractivity contribution in [2.24, 2.45) is 7.05 Å². The molecule has 2 rings (SSSR count). The van der Waals surface area contributed by atoms with Crippen LogP contribution in [-0.2, 0) is 7.05 Å². The van der Waals surface area contributed by atoms with Crippen LogP contribution in [0.25, 0.3) is 11.0 Å². The Balaban J connectivity index is 2.97. The number of hydrogen-bond acceptors (Lipinski definition) is 2. The fourth-order valence-electron chi connectivity index (χ4n) is 1.23. The number of benzene rings is 1. The molecule has 0 amide bonds. The van der Waals surface area contributed by atoms with E-state index >= 15 is 0 Å². The summed E-state index contributed by atoms with van der Waals surface area (Å²) in [6.07, 6.45) is 1.35. The van der Waals surface area contributed by atoms with Crippen molar-refractivity contribution in [3.8, 4) is 5.75 Å². The molecule has 3 nitrogen and oxygen atoms in total. The number of hydrogen-bond donors (Lipinski definition) is 1. The molecule has 0 aliphatic heterocycles. The molecule has 1 aromatic heterocycles. The summed E-state index contributed by atoms with van der Waals surface area (Å²) in [5.41, 5.74) is 0.286. The first-order valence-electron chi connectivity index (χ1n) is 3.59. The van der Waals surface area contributed by atoms with Crippen LogP contribution < -0.4 is 0 Å². The maximum absolute atomic E-state index is 13.2. The highest BCUT2D eigenvalue weighted by molar-refractivity contribution is 5.77. The van der Waals surface area contributed by atoms with E-state index in [4.69, 9.17) is 5.11 Å². The summed E-state index contributed by atoms with van der Waals surface area (Å²) >= 11 is 0. The van der Waals surface area contributed by atoms with Gasteiger partial charge in [-0.05, 0) is 0 Å². The maximum Gasteiger partial charge on any atom is 0.202 e. The molecule has 0 radical (unpaired) electrons. The molecule has 0 saturated heterocycles. The molecule has 2 aromatic rings. The van der Waals surface area contributed by atoms with E-state index in [0.717, 1.165) is 6.07 Å². The highest BCUT2D eigenvalue weighted by Gasteiger charge is 2.15. The molecule has 5 heteroatoms. The van der Waals surface area contributed by atoms with Gasteiger partial charge >= 0.3 is 0 Å². The Bertz CT molecular complexity index is 478. The first-order valence-corrected chi connectivity index (χ1v) is 3.59. The standard InChI is InChI=1S/C8H6F2N2O/c1-12-3-11-4-2-5(13)6(9)7(10)8(4)12/h2-3,13H,1H3. The van der Waals surface area contributed by atoms with Crippen LogP contribution in [0.1, 0.15) is 0 Å². The van der Waals surface area contributed by atoms with Crippen LogP contribution in [0.15, 0.2) is 12.4 Å². The second kappa shape index (κ2) is 2.42. The number of aromatic nitrogens is 2. The zero-order chi connectivity index (χ0) is 9.59. The van der Waals surface area contributed by atoms with Crippen LogP contribution in [0.2, 0.25) is 0 Å². The first-order chi connectivity index (χ1) is 6.11. The predicted octanol–water partition coefficient (Wildman–Crippen LogP) is 1.56. The third kappa shape index (κ3) is 0.965. The largest absolute Gasteiger partial charge is 0.505 e. The smallest absolute Gasteiger partial charge is 0.202 e. The Morgan fingerprint density at radius 1 is 1.38 bits per heavy atom. The average molecular weight is 184 g/mol. The molecule has 68 valence electrons. The summed E-state index contributed by atoms with van der Waals surface area (Å²) in [6, 6.07) is 1.09. The molecule has 1 N–H and O–H groups in total. The number of aromatic hydroxyl groups is 1. The SMILES string of the molecule is Cn1cnc2cc(O)c(F)c(F)c21. The Morgan fingerprint density at radius 2 is 2.08 bits per heavy atom. The van der Waals surface area contributed by atoms with E-state index in [1.165, 1.54) is 10.9 Å². The number of phenolic OH excluding ortho intramolecular Hbond substituents is 1. The lowest BCUT2D eigenvalue weighted by molar-refractivity contribution is 0.410. The van der Waals surface area contributed by atoms with Crippen molar-refractivity contribution in [3.05, 3.63) is 24.0 Å². The van der Waals surface area contributed by atoms with Gasteiger partial charge in [-0.2, -0.15) is 4.39 Å². The predicted molar refractivity (Wildman–Crippen MR) is 42.3 cm³/mol. The maximum atomic E-state index is 13.2. The van der Waals surface area contributed by atoms with Crippen molar-refractivity contribution in [2.75, 3.05) is 0 Å². The summed E-state index contributed by atoms with van der Waals surface area (Å²) in [4.78, 5) is 3.78. The van der Waals surface area contributed by atoms with Crippen molar-refractivity contribution in [2.45, 2.75) is 0 Å². The molecule has 1 heterocycles. The van der Waals surface area contributed by atoms with Crippen molar-refractivity contribution >= 4 is 11.0 Å². The minimum absolute atomic E-state index is 0.0512. The van der Waals surface area contributed by atoms with Gasteiger partial charge in [-0.25, -0.2) is 9.37 Å². The lowest BCUT2D eigenvalue weighted by atomic mass is 10.2. The van der Waals surface area contributed by atoms with Crippen molar-refractivity contribution in [1.82, 2.24) is 9.55 Å². The zero-order valence-electron chi connectivity index (χ0n) is 6.75. The number of fused-ring (bicyclic) bond motifs is 1. The summed E-state index contributed by atoms with van der Waals surface area (Å²) in [7, 11) is 1.55. The van der Waals surface area contributed by atoms with Crippen LogP contribution in [0.3, 0.4) is 0 Å². The van der Waals surface area contributed by atoms with Gasteiger partial charge in [-0.15, -0.1) is 0 Å². The number of nitrogens with zero attached hydrogens (tertiary/aromatic N) is 2. The highest BCUT2D eigenvalue weighted by atomic mass is 19.2. The molecule has 0 atom stereocenters. The fraction of sp³-hybridized carbons (Fsp3) is 0.125. The lowest BCUT2D eigenvalue weighted by Crippen LogP contribution is -1.92. The number of phenols is 1. The summed E-state index contributed by atoms with van der Waals surface area (Å²) in [6.45, 7) is 0. The highest BCUT2D eigenvalue weighted by Crippen LogP contribution is 2.26. The van der Waals surface area contributed by atoms with Crippen LogP contribution in [0.5, 0.6) is 5.75 Å². The summed E-state index contributed by atoms with van der Waals surface area (Å²) in [5.74, 6) is -3.03. The number of rotatable bonds is 0. The van der Waals surface area contributed by atoms with Gasteiger partial charge in [0.05, 0.1) is 11.8 Å². The molecule has 0 saturated carbocycles. The number of aryl methyl sites for hydroxylation is 1. The third-order valence-electron chi connectivity index (χ3n) is 1.86. The summed E-state index contributed by atoms with van der Waals surface area (Å²) in [5, 5.41) is 8.94. The van der Waals surface area contributed by atoms with Crippen molar-refractivity contribution in [1.29, 1.82) is 0 Å². The van der Waals surface area contributed by atoms with Gasteiger partial charge in [-0.1, -0.05) is 0 Å². The second-order valence-corrected chi connectivity index (χ2v) is 2.75.